The van der Waals surface area contributed by atoms with Crippen molar-refractivity contribution in [3.63, 3.8) is 0 Å². The van der Waals surface area contributed by atoms with Gasteiger partial charge in [-0.2, -0.15) is 0 Å². The number of piperazine rings is 1. The molecule has 0 radical (unpaired) electrons. The van der Waals surface area contributed by atoms with E-state index in [4.69, 9.17) is 14.2 Å². The number of nitrogens with one attached hydrogen (secondary N) is 1. The Balaban J connectivity index is 1.73. The SMILES string of the molecule is COCCOc1ccc(Br)cc1C(=O)N1CCNC(=O)C1CC(=O)OCc1ccccc1. The summed E-state index contributed by atoms with van der Waals surface area (Å²) < 4.78 is 16.7. The zero-order valence-electron chi connectivity index (χ0n) is 17.7. The van der Waals surface area contributed by atoms with E-state index in [1.807, 2.05) is 30.3 Å². The molecule has 8 nitrogen and oxygen atoms in total. The molecule has 0 spiro atoms. The first-order valence-electron chi connectivity index (χ1n) is 10.2. The van der Waals surface area contributed by atoms with E-state index in [2.05, 4.69) is 21.2 Å². The quantitative estimate of drug-likeness (QED) is 0.416. The summed E-state index contributed by atoms with van der Waals surface area (Å²) in [5.41, 5.74) is 1.14. The van der Waals surface area contributed by atoms with Crippen LogP contribution >= 0.6 is 15.9 Å². The maximum atomic E-state index is 13.4. The highest BCUT2D eigenvalue weighted by atomic mass is 79.9. The third-order valence-corrected chi connectivity index (χ3v) is 5.40. The molecule has 0 saturated carbocycles. The number of methoxy groups -OCH3 is 1. The molecule has 0 aliphatic carbocycles. The molecule has 32 heavy (non-hydrogen) atoms. The van der Waals surface area contributed by atoms with Crippen LogP contribution in [0.15, 0.2) is 53.0 Å². The van der Waals surface area contributed by atoms with Gasteiger partial charge < -0.3 is 24.4 Å². The van der Waals surface area contributed by atoms with E-state index >= 15 is 0 Å². The van der Waals surface area contributed by atoms with E-state index < -0.39 is 23.8 Å². The van der Waals surface area contributed by atoms with E-state index in [0.29, 0.717) is 28.9 Å². The Labute approximate surface area is 194 Å². The topological polar surface area (TPSA) is 94.2 Å². The van der Waals surface area contributed by atoms with Gasteiger partial charge in [0.25, 0.3) is 5.91 Å². The predicted molar refractivity (Wildman–Crippen MR) is 120 cm³/mol. The van der Waals surface area contributed by atoms with E-state index in [0.717, 1.165) is 5.56 Å². The molecule has 2 aromatic carbocycles. The number of rotatable bonds is 9. The standard InChI is InChI=1S/C23H25BrN2O6/c1-30-11-12-31-20-8-7-17(24)13-18(20)23(29)26-10-9-25-22(28)19(26)14-21(27)32-15-16-5-3-2-4-6-16/h2-8,13,19H,9-12,14-15H2,1H3,(H,25,28). The number of hydrogen-bond donors (Lipinski definition) is 1. The van der Waals surface area contributed by atoms with Gasteiger partial charge in [-0.3, -0.25) is 14.4 Å². The minimum atomic E-state index is -0.967. The summed E-state index contributed by atoms with van der Waals surface area (Å²) in [6.07, 6.45) is -0.238. The second-order valence-corrected chi connectivity index (χ2v) is 8.05. The maximum absolute atomic E-state index is 13.4. The van der Waals surface area contributed by atoms with Gasteiger partial charge in [-0.1, -0.05) is 46.3 Å². The molecule has 1 aliphatic rings. The van der Waals surface area contributed by atoms with E-state index in [9.17, 15) is 14.4 Å². The smallest absolute Gasteiger partial charge is 0.308 e. The molecule has 1 atom stereocenters. The van der Waals surface area contributed by atoms with Crippen LogP contribution in [-0.4, -0.2) is 62.1 Å². The van der Waals surface area contributed by atoms with Crippen molar-refractivity contribution >= 4 is 33.7 Å². The van der Waals surface area contributed by atoms with E-state index in [1.54, 1.807) is 25.3 Å². The number of carbonyl (C=O) groups excluding carboxylic acids is 3. The summed E-state index contributed by atoms with van der Waals surface area (Å²) in [7, 11) is 1.56. The van der Waals surface area contributed by atoms with Crippen molar-refractivity contribution < 1.29 is 28.6 Å². The van der Waals surface area contributed by atoms with Crippen LogP contribution in [0.1, 0.15) is 22.3 Å². The van der Waals surface area contributed by atoms with Crippen molar-refractivity contribution in [1.29, 1.82) is 0 Å². The molecule has 1 aliphatic heterocycles. The normalized spacial score (nSPS) is 15.8. The molecule has 0 aromatic heterocycles. The van der Waals surface area contributed by atoms with E-state index in [1.165, 1.54) is 4.90 Å². The van der Waals surface area contributed by atoms with Crippen LogP contribution in [0.3, 0.4) is 0 Å². The second-order valence-electron chi connectivity index (χ2n) is 7.14. The number of esters is 1. The number of hydrogen-bond acceptors (Lipinski definition) is 6. The number of nitrogens with zero attached hydrogens (tertiary/aromatic N) is 1. The van der Waals surface area contributed by atoms with Crippen LogP contribution in [0.4, 0.5) is 0 Å². The molecule has 1 heterocycles. The summed E-state index contributed by atoms with van der Waals surface area (Å²) in [5, 5.41) is 2.72. The first kappa shape index (κ1) is 23.7. The van der Waals surface area contributed by atoms with Gasteiger partial charge in [-0.15, -0.1) is 0 Å². The lowest BCUT2D eigenvalue weighted by atomic mass is 10.1. The highest BCUT2D eigenvalue weighted by molar-refractivity contribution is 9.10. The van der Waals surface area contributed by atoms with E-state index in [-0.39, 0.29) is 26.2 Å². The first-order valence-corrected chi connectivity index (χ1v) is 11.0. The number of benzene rings is 2. The van der Waals surface area contributed by atoms with Crippen molar-refractivity contribution in [1.82, 2.24) is 10.2 Å². The van der Waals surface area contributed by atoms with Crippen LogP contribution < -0.4 is 10.1 Å². The molecular weight excluding hydrogens is 480 g/mol. The van der Waals surface area contributed by atoms with Crippen LogP contribution in [0.2, 0.25) is 0 Å². The Morgan fingerprint density at radius 2 is 1.94 bits per heavy atom. The lowest BCUT2D eigenvalue weighted by molar-refractivity contribution is -0.148. The highest BCUT2D eigenvalue weighted by Gasteiger charge is 2.36. The average Bonchev–Trinajstić information content (AvgIpc) is 2.80. The van der Waals surface area contributed by atoms with Crippen LogP contribution in [0.25, 0.3) is 0 Å². The van der Waals surface area contributed by atoms with Gasteiger partial charge in [-0.25, -0.2) is 0 Å². The molecule has 0 bridgehead atoms. The van der Waals surface area contributed by atoms with Crippen LogP contribution in [0, 0.1) is 0 Å². The average molecular weight is 505 g/mol. The Morgan fingerprint density at radius 1 is 1.16 bits per heavy atom. The maximum Gasteiger partial charge on any atom is 0.308 e. The Morgan fingerprint density at radius 3 is 2.69 bits per heavy atom. The monoisotopic (exact) mass is 504 g/mol. The fourth-order valence-corrected chi connectivity index (χ4v) is 3.66. The lowest BCUT2D eigenvalue weighted by Crippen LogP contribution is -2.57. The number of carbonyl (C=O) groups is 3. The minimum absolute atomic E-state index is 0.102. The number of amides is 2. The lowest BCUT2D eigenvalue weighted by Gasteiger charge is -2.35. The van der Waals surface area contributed by atoms with Crippen LogP contribution in [-0.2, 0) is 25.7 Å². The van der Waals surface area contributed by atoms with Gasteiger partial charge in [0.1, 0.15) is 25.0 Å². The first-order chi connectivity index (χ1) is 15.5. The fraction of sp³-hybridized carbons (Fsp3) is 0.348. The molecule has 9 heteroatoms. The fourth-order valence-electron chi connectivity index (χ4n) is 3.30. The van der Waals surface area contributed by atoms with Gasteiger partial charge in [0.05, 0.1) is 18.6 Å². The Bertz CT molecular complexity index is 953. The third kappa shape index (κ3) is 6.30. The van der Waals surface area contributed by atoms with Gasteiger partial charge in [0.2, 0.25) is 5.91 Å². The third-order valence-electron chi connectivity index (χ3n) is 4.91. The van der Waals surface area contributed by atoms with Crippen molar-refractivity contribution in [2.75, 3.05) is 33.4 Å². The number of ether oxygens (including phenoxy) is 3. The highest BCUT2D eigenvalue weighted by Crippen LogP contribution is 2.26. The second kappa shape index (κ2) is 11.6. The van der Waals surface area contributed by atoms with Crippen LogP contribution in [0.5, 0.6) is 5.75 Å². The molecule has 1 saturated heterocycles. The Hall–Kier alpha value is -2.91. The molecular formula is C23H25BrN2O6. The zero-order valence-corrected chi connectivity index (χ0v) is 19.3. The Kier molecular flexibility index (Phi) is 8.64. The molecule has 2 aromatic rings. The van der Waals surface area contributed by atoms with Crippen molar-refractivity contribution in [3.8, 4) is 5.75 Å². The van der Waals surface area contributed by atoms with Crippen molar-refractivity contribution in [2.45, 2.75) is 19.1 Å². The van der Waals surface area contributed by atoms with Gasteiger partial charge in [-0.05, 0) is 23.8 Å². The summed E-state index contributed by atoms with van der Waals surface area (Å²) in [6.45, 7) is 1.31. The molecule has 1 unspecified atom stereocenters. The zero-order chi connectivity index (χ0) is 22.9. The molecule has 170 valence electrons. The summed E-state index contributed by atoms with van der Waals surface area (Å²) in [6, 6.07) is 13.4. The molecule has 3 rings (SSSR count). The number of halogens is 1. The predicted octanol–water partition coefficient (Wildman–Crippen LogP) is 2.55. The van der Waals surface area contributed by atoms with Crippen molar-refractivity contribution in [2.24, 2.45) is 0 Å². The van der Waals surface area contributed by atoms with Gasteiger partial charge in [0, 0.05) is 24.7 Å². The minimum Gasteiger partial charge on any atom is -0.490 e. The van der Waals surface area contributed by atoms with Crippen molar-refractivity contribution in [3.05, 3.63) is 64.1 Å². The molecule has 1 N–H and O–H groups in total. The molecule has 2 amide bonds. The van der Waals surface area contributed by atoms with Gasteiger partial charge >= 0.3 is 5.97 Å². The van der Waals surface area contributed by atoms with Gasteiger partial charge in [0.15, 0.2) is 0 Å². The summed E-state index contributed by atoms with van der Waals surface area (Å²) in [5.74, 6) is -0.960. The largest absolute Gasteiger partial charge is 0.490 e. The summed E-state index contributed by atoms with van der Waals surface area (Å²) >= 11 is 3.38. The summed E-state index contributed by atoms with van der Waals surface area (Å²) in [4.78, 5) is 39.8. The molecule has 1 fully saturated rings.